The molecule has 20 heavy (non-hydrogen) atoms. The molecule has 5 nitrogen and oxygen atoms in total. The van der Waals surface area contributed by atoms with Gasteiger partial charge in [-0.25, -0.2) is 4.39 Å². The van der Waals surface area contributed by atoms with Crippen LogP contribution in [0.4, 0.5) is 10.1 Å². The van der Waals surface area contributed by atoms with Gasteiger partial charge in [-0.05, 0) is 25.0 Å². The van der Waals surface area contributed by atoms with Crippen molar-refractivity contribution in [1.29, 1.82) is 0 Å². The van der Waals surface area contributed by atoms with Gasteiger partial charge in [0, 0.05) is 24.6 Å². The zero-order chi connectivity index (χ0) is 14.8. The minimum Gasteiger partial charge on any atom is -0.326 e. The molecule has 6 heteroatoms. The van der Waals surface area contributed by atoms with E-state index >= 15 is 0 Å². The molecule has 1 unspecified atom stereocenters. The molecule has 0 aromatic heterocycles. The van der Waals surface area contributed by atoms with Gasteiger partial charge in [-0.1, -0.05) is 12.1 Å². The lowest BCUT2D eigenvalue weighted by Gasteiger charge is -2.22. The summed E-state index contributed by atoms with van der Waals surface area (Å²) < 4.78 is 15.0. The third kappa shape index (κ3) is 2.84. The van der Waals surface area contributed by atoms with Crippen LogP contribution in [0.3, 0.4) is 0 Å². The number of carbonyl (C=O) groups is 3. The third-order valence-electron chi connectivity index (χ3n) is 3.18. The number of hydrogen-bond acceptors (Lipinski definition) is 3. The Bertz CT molecular complexity index is 573. The van der Waals surface area contributed by atoms with E-state index in [9.17, 15) is 18.8 Å². The first-order chi connectivity index (χ1) is 9.41. The van der Waals surface area contributed by atoms with Crippen molar-refractivity contribution in [2.24, 2.45) is 0 Å². The SMILES string of the molecule is CC(=O)Nc1cccc(C2(F)CCCC(=O)NC2=O)c1. The standard InChI is InChI=1S/C14H15FN2O3/c1-9(18)16-11-5-2-4-10(8-11)14(15)7-3-6-12(19)17-13(14)20/h2,4-5,8H,3,6-7H2,1H3,(H,16,18)(H,17,19,20). The molecule has 0 spiro atoms. The average Bonchev–Trinajstić information content (AvgIpc) is 2.49. The number of amides is 3. The van der Waals surface area contributed by atoms with Crippen LogP contribution in [0.1, 0.15) is 31.7 Å². The van der Waals surface area contributed by atoms with E-state index in [-0.39, 0.29) is 24.3 Å². The normalized spacial score (nSPS) is 22.9. The molecule has 0 radical (unpaired) electrons. The lowest BCUT2D eigenvalue weighted by Crippen LogP contribution is -2.41. The monoisotopic (exact) mass is 278 g/mol. The van der Waals surface area contributed by atoms with Crippen LogP contribution in [0.15, 0.2) is 24.3 Å². The van der Waals surface area contributed by atoms with Crippen LogP contribution in [0.2, 0.25) is 0 Å². The molecular formula is C14H15FN2O3. The molecule has 1 aromatic carbocycles. The number of nitrogens with one attached hydrogen (secondary N) is 2. The highest BCUT2D eigenvalue weighted by atomic mass is 19.1. The fourth-order valence-electron chi connectivity index (χ4n) is 2.22. The van der Waals surface area contributed by atoms with Crippen LogP contribution in [0, 0.1) is 0 Å². The molecule has 3 amide bonds. The minimum absolute atomic E-state index is 0.0614. The van der Waals surface area contributed by atoms with Crippen molar-refractivity contribution >= 4 is 23.4 Å². The zero-order valence-electron chi connectivity index (χ0n) is 11.0. The molecule has 1 heterocycles. The molecule has 1 aromatic rings. The molecule has 0 bridgehead atoms. The Labute approximate surface area is 115 Å². The maximum atomic E-state index is 15.0. The van der Waals surface area contributed by atoms with E-state index in [0.29, 0.717) is 12.1 Å². The number of halogens is 1. The van der Waals surface area contributed by atoms with Crippen LogP contribution in [0.5, 0.6) is 0 Å². The van der Waals surface area contributed by atoms with Gasteiger partial charge in [0.15, 0.2) is 0 Å². The summed E-state index contributed by atoms with van der Waals surface area (Å²) in [6.45, 7) is 1.34. The molecule has 0 aliphatic carbocycles. The Morgan fingerprint density at radius 3 is 2.85 bits per heavy atom. The Kier molecular flexibility index (Phi) is 3.83. The second-order valence-corrected chi connectivity index (χ2v) is 4.79. The molecule has 0 saturated carbocycles. The van der Waals surface area contributed by atoms with Crippen LogP contribution in [-0.4, -0.2) is 17.7 Å². The first-order valence-electron chi connectivity index (χ1n) is 6.33. The molecule has 1 fully saturated rings. The van der Waals surface area contributed by atoms with E-state index in [2.05, 4.69) is 10.6 Å². The fourth-order valence-corrected chi connectivity index (χ4v) is 2.22. The van der Waals surface area contributed by atoms with Crippen molar-refractivity contribution in [3.05, 3.63) is 29.8 Å². The van der Waals surface area contributed by atoms with Crippen molar-refractivity contribution in [3.8, 4) is 0 Å². The summed E-state index contributed by atoms with van der Waals surface area (Å²) in [6.07, 6.45) is 0.356. The van der Waals surface area contributed by atoms with E-state index in [4.69, 9.17) is 0 Å². The van der Waals surface area contributed by atoms with Gasteiger partial charge in [-0.2, -0.15) is 0 Å². The lowest BCUT2D eigenvalue weighted by molar-refractivity contribution is -0.137. The quantitative estimate of drug-likeness (QED) is 0.807. The number of alkyl halides is 1. The zero-order valence-corrected chi connectivity index (χ0v) is 11.0. The van der Waals surface area contributed by atoms with Crippen LogP contribution in [-0.2, 0) is 20.1 Å². The number of imide groups is 1. The van der Waals surface area contributed by atoms with Crippen molar-refractivity contribution in [2.45, 2.75) is 31.9 Å². The van der Waals surface area contributed by atoms with Crippen LogP contribution >= 0.6 is 0 Å². The molecule has 2 rings (SSSR count). The van der Waals surface area contributed by atoms with Crippen molar-refractivity contribution in [3.63, 3.8) is 0 Å². The number of carbonyl (C=O) groups excluding carboxylic acids is 3. The van der Waals surface area contributed by atoms with Crippen molar-refractivity contribution < 1.29 is 18.8 Å². The van der Waals surface area contributed by atoms with E-state index in [0.717, 1.165) is 0 Å². The van der Waals surface area contributed by atoms with Gasteiger partial charge >= 0.3 is 0 Å². The predicted molar refractivity (Wildman–Crippen MR) is 70.5 cm³/mol. The van der Waals surface area contributed by atoms with Crippen LogP contribution < -0.4 is 10.6 Å². The highest BCUT2D eigenvalue weighted by Crippen LogP contribution is 2.35. The smallest absolute Gasteiger partial charge is 0.268 e. The van der Waals surface area contributed by atoms with E-state index in [1.165, 1.54) is 19.1 Å². The highest BCUT2D eigenvalue weighted by molar-refractivity contribution is 6.01. The number of benzene rings is 1. The minimum atomic E-state index is -2.25. The maximum absolute atomic E-state index is 15.0. The van der Waals surface area contributed by atoms with E-state index in [1.807, 2.05) is 0 Å². The second-order valence-electron chi connectivity index (χ2n) is 4.79. The molecule has 106 valence electrons. The summed E-state index contributed by atoms with van der Waals surface area (Å²) in [4.78, 5) is 34.2. The van der Waals surface area contributed by atoms with Crippen molar-refractivity contribution in [2.75, 3.05) is 5.32 Å². The molecule has 1 atom stereocenters. The number of hydrogen-bond donors (Lipinski definition) is 2. The summed E-state index contributed by atoms with van der Waals surface area (Å²) in [5, 5.41) is 4.59. The summed E-state index contributed by atoms with van der Waals surface area (Å²) >= 11 is 0. The molecule has 1 saturated heterocycles. The maximum Gasteiger partial charge on any atom is 0.268 e. The topological polar surface area (TPSA) is 75.3 Å². The van der Waals surface area contributed by atoms with Gasteiger partial charge in [0.1, 0.15) is 0 Å². The Balaban J connectivity index is 2.35. The van der Waals surface area contributed by atoms with E-state index < -0.39 is 17.5 Å². The largest absolute Gasteiger partial charge is 0.326 e. The summed E-state index contributed by atoms with van der Waals surface area (Å²) in [7, 11) is 0. The van der Waals surface area contributed by atoms with Gasteiger partial charge in [-0.3, -0.25) is 19.7 Å². The average molecular weight is 278 g/mol. The molecular weight excluding hydrogens is 263 g/mol. The van der Waals surface area contributed by atoms with Gasteiger partial charge in [-0.15, -0.1) is 0 Å². The first kappa shape index (κ1) is 14.2. The molecule has 2 N–H and O–H groups in total. The first-order valence-corrected chi connectivity index (χ1v) is 6.33. The lowest BCUT2D eigenvalue weighted by atomic mass is 9.90. The summed E-state index contributed by atoms with van der Waals surface area (Å²) in [6, 6.07) is 6.05. The highest BCUT2D eigenvalue weighted by Gasteiger charge is 2.42. The number of anilines is 1. The second kappa shape index (κ2) is 5.40. The van der Waals surface area contributed by atoms with Gasteiger partial charge in [0.2, 0.25) is 17.5 Å². The van der Waals surface area contributed by atoms with Gasteiger partial charge < -0.3 is 5.32 Å². The predicted octanol–water partition coefficient (Wildman–Crippen LogP) is 1.64. The summed E-state index contributed by atoms with van der Waals surface area (Å²) in [5.41, 5.74) is -1.70. The fraction of sp³-hybridized carbons (Fsp3) is 0.357. The van der Waals surface area contributed by atoms with Crippen LogP contribution in [0.25, 0.3) is 0 Å². The Hall–Kier alpha value is -2.24. The summed E-state index contributed by atoms with van der Waals surface area (Å²) in [5.74, 6) is -1.69. The molecule has 1 aliphatic heterocycles. The Morgan fingerprint density at radius 1 is 1.40 bits per heavy atom. The number of rotatable bonds is 2. The third-order valence-corrected chi connectivity index (χ3v) is 3.18. The van der Waals surface area contributed by atoms with Crippen molar-refractivity contribution in [1.82, 2.24) is 5.32 Å². The van der Waals surface area contributed by atoms with Gasteiger partial charge in [0.25, 0.3) is 5.91 Å². The Morgan fingerprint density at radius 2 is 2.15 bits per heavy atom. The van der Waals surface area contributed by atoms with Gasteiger partial charge in [0.05, 0.1) is 0 Å². The van der Waals surface area contributed by atoms with E-state index in [1.54, 1.807) is 12.1 Å². The molecule has 1 aliphatic rings.